The molecule has 1 aliphatic rings. The molecule has 0 atom stereocenters. The van der Waals surface area contributed by atoms with Crippen molar-refractivity contribution in [2.24, 2.45) is 12.0 Å². The molecule has 0 aliphatic carbocycles. The van der Waals surface area contributed by atoms with Crippen molar-refractivity contribution in [3.05, 3.63) is 36.4 Å². The van der Waals surface area contributed by atoms with Crippen LogP contribution in [0.4, 0.5) is 5.69 Å². The van der Waals surface area contributed by atoms with Gasteiger partial charge in [0.15, 0.2) is 11.8 Å². The normalized spacial score (nSPS) is 15.3. The second-order valence-corrected chi connectivity index (χ2v) is 6.20. The summed E-state index contributed by atoms with van der Waals surface area (Å²) >= 11 is 0. The highest BCUT2D eigenvalue weighted by Gasteiger charge is 2.20. The minimum absolute atomic E-state index is 0.523. The van der Waals surface area contributed by atoms with Crippen LogP contribution in [0.1, 0.15) is 12.7 Å². The summed E-state index contributed by atoms with van der Waals surface area (Å²) in [6.45, 7) is 7.18. The molecule has 0 radical (unpaired) electrons. The van der Waals surface area contributed by atoms with Crippen LogP contribution in [-0.4, -0.2) is 65.5 Å². The molecule has 1 saturated heterocycles. The first-order valence-electron chi connectivity index (χ1n) is 8.96. The molecule has 0 saturated carbocycles. The zero-order chi connectivity index (χ0) is 18.4. The molecule has 8 heteroatoms. The quantitative estimate of drug-likeness (QED) is 0.639. The number of piperazine rings is 1. The first kappa shape index (κ1) is 18.0. The number of nitrogens with one attached hydrogen (secondary N) is 1. The zero-order valence-electron chi connectivity index (χ0n) is 15.7. The Kier molecular flexibility index (Phi) is 5.93. The summed E-state index contributed by atoms with van der Waals surface area (Å²) in [4.78, 5) is 9.42. The van der Waals surface area contributed by atoms with Crippen LogP contribution in [0.3, 0.4) is 0 Å². The summed E-state index contributed by atoms with van der Waals surface area (Å²) < 4.78 is 7.23. The molecule has 1 N–H and O–H groups in total. The maximum Gasteiger partial charge on any atom is 0.194 e. The van der Waals surface area contributed by atoms with E-state index in [9.17, 15) is 0 Å². The van der Waals surface area contributed by atoms with Crippen LogP contribution in [0.5, 0.6) is 5.75 Å². The number of methoxy groups -OCH3 is 1. The summed E-state index contributed by atoms with van der Waals surface area (Å²) in [5, 5.41) is 11.4. The minimum Gasteiger partial charge on any atom is -0.497 e. The molecule has 1 aliphatic heterocycles. The van der Waals surface area contributed by atoms with Crippen molar-refractivity contribution < 1.29 is 4.74 Å². The third-order valence-electron chi connectivity index (χ3n) is 4.51. The van der Waals surface area contributed by atoms with Crippen molar-refractivity contribution in [1.29, 1.82) is 0 Å². The SMILES string of the molecule is CCNC(=NCc1nncn1C)N1CCN(c2cccc(OC)c2)CC1. The Balaban J connectivity index is 1.63. The average molecular weight is 357 g/mol. The van der Waals surface area contributed by atoms with Crippen molar-refractivity contribution in [3.63, 3.8) is 0 Å². The van der Waals surface area contributed by atoms with Gasteiger partial charge in [-0.3, -0.25) is 0 Å². The number of rotatable bonds is 5. The van der Waals surface area contributed by atoms with Gasteiger partial charge in [-0.05, 0) is 19.1 Å². The summed E-state index contributed by atoms with van der Waals surface area (Å²) in [5.74, 6) is 2.68. The van der Waals surface area contributed by atoms with E-state index >= 15 is 0 Å². The molecule has 0 unspecified atom stereocenters. The van der Waals surface area contributed by atoms with Crippen LogP contribution in [0.25, 0.3) is 0 Å². The van der Waals surface area contributed by atoms with Gasteiger partial charge in [-0.1, -0.05) is 6.07 Å². The van der Waals surface area contributed by atoms with Gasteiger partial charge in [-0.15, -0.1) is 10.2 Å². The van der Waals surface area contributed by atoms with Crippen LogP contribution in [0.2, 0.25) is 0 Å². The lowest BCUT2D eigenvalue weighted by molar-refractivity contribution is 0.371. The molecule has 1 aromatic carbocycles. The Labute approximate surface area is 154 Å². The van der Waals surface area contributed by atoms with Crippen LogP contribution < -0.4 is 15.0 Å². The van der Waals surface area contributed by atoms with Gasteiger partial charge in [0.05, 0.1) is 7.11 Å². The largest absolute Gasteiger partial charge is 0.497 e. The van der Waals surface area contributed by atoms with E-state index in [1.165, 1.54) is 5.69 Å². The number of hydrogen-bond acceptors (Lipinski definition) is 5. The fourth-order valence-corrected chi connectivity index (χ4v) is 3.01. The topological polar surface area (TPSA) is 70.8 Å². The van der Waals surface area contributed by atoms with E-state index in [0.29, 0.717) is 6.54 Å². The Morgan fingerprint density at radius 2 is 2.08 bits per heavy atom. The van der Waals surface area contributed by atoms with Crippen molar-refractivity contribution in [2.45, 2.75) is 13.5 Å². The van der Waals surface area contributed by atoms with Gasteiger partial charge in [0.25, 0.3) is 0 Å². The first-order chi connectivity index (χ1) is 12.7. The molecule has 8 nitrogen and oxygen atoms in total. The van der Waals surface area contributed by atoms with Gasteiger partial charge < -0.3 is 24.4 Å². The Bertz CT molecular complexity index is 735. The number of aliphatic imine (C=N–C) groups is 1. The molecular weight excluding hydrogens is 330 g/mol. The molecule has 1 fully saturated rings. The molecule has 26 heavy (non-hydrogen) atoms. The molecular formula is C18H27N7O. The van der Waals surface area contributed by atoms with Crippen LogP contribution in [-0.2, 0) is 13.6 Å². The number of aryl methyl sites for hydroxylation is 1. The number of hydrogen-bond donors (Lipinski definition) is 1. The van der Waals surface area contributed by atoms with E-state index in [1.54, 1.807) is 13.4 Å². The van der Waals surface area contributed by atoms with Gasteiger partial charge in [0.2, 0.25) is 0 Å². The highest BCUT2D eigenvalue weighted by molar-refractivity contribution is 5.80. The Hall–Kier alpha value is -2.77. The van der Waals surface area contributed by atoms with E-state index in [1.807, 2.05) is 23.7 Å². The molecule has 1 aromatic heterocycles. The predicted molar refractivity (Wildman–Crippen MR) is 103 cm³/mol. The van der Waals surface area contributed by atoms with Crippen molar-refractivity contribution >= 4 is 11.6 Å². The summed E-state index contributed by atoms with van der Waals surface area (Å²) in [5.41, 5.74) is 1.20. The van der Waals surface area contributed by atoms with Crippen molar-refractivity contribution in [1.82, 2.24) is 25.0 Å². The fraction of sp³-hybridized carbons (Fsp3) is 0.500. The standard InChI is InChI=1S/C18H27N7O/c1-4-19-18(20-13-17-22-21-14-23(17)2)25-10-8-24(9-11-25)15-6-5-7-16(12-15)26-3/h5-7,12,14H,4,8-11,13H2,1-3H3,(H,19,20). The van der Waals surface area contributed by atoms with E-state index in [0.717, 1.165) is 50.3 Å². The van der Waals surface area contributed by atoms with Gasteiger partial charge >= 0.3 is 0 Å². The monoisotopic (exact) mass is 357 g/mol. The molecule has 140 valence electrons. The molecule has 2 heterocycles. The van der Waals surface area contributed by atoms with E-state index in [-0.39, 0.29) is 0 Å². The minimum atomic E-state index is 0.523. The molecule has 0 spiro atoms. The number of ether oxygens (including phenoxy) is 1. The maximum atomic E-state index is 5.33. The smallest absolute Gasteiger partial charge is 0.194 e. The summed E-state index contributed by atoms with van der Waals surface area (Å²) in [6.07, 6.45) is 1.70. The number of guanidine groups is 1. The lowest BCUT2D eigenvalue weighted by Crippen LogP contribution is -2.52. The second kappa shape index (κ2) is 8.55. The third-order valence-corrected chi connectivity index (χ3v) is 4.51. The van der Waals surface area contributed by atoms with Crippen molar-refractivity contribution in [3.8, 4) is 5.75 Å². The average Bonchev–Trinajstić information content (AvgIpc) is 3.10. The fourth-order valence-electron chi connectivity index (χ4n) is 3.01. The van der Waals surface area contributed by atoms with Gasteiger partial charge in [0, 0.05) is 51.5 Å². The number of aromatic nitrogens is 3. The van der Waals surface area contributed by atoms with Crippen LogP contribution >= 0.6 is 0 Å². The summed E-state index contributed by atoms with van der Waals surface area (Å²) in [6, 6.07) is 8.23. The van der Waals surface area contributed by atoms with Gasteiger partial charge in [0.1, 0.15) is 18.6 Å². The van der Waals surface area contributed by atoms with Crippen LogP contribution in [0, 0.1) is 0 Å². The molecule has 3 rings (SSSR count). The Morgan fingerprint density at radius 1 is 1.27 bits per heavy atom. The second-order valence-electron chi connectivity index (χ2n) is 6.20. The number of anilines is 1. The molecule has 2 aromatic rings. The van der Waals surface area contributed by atoms with Gasteiger partial charge in [-0.2, -0.15) is 0 Å². The summed E-state index contributed by atoms with van der Waals surface area (Å²) in [7, 11) is 3.64. The van der Waals surface area contributed by atoms with Crippen LogP contribution in [0.15, 0.2) is 35.6 Å². The first-order valence-corrected chi connectivity index (χ1v) is 8.96. The highest BCUT2D eigenvalue weighted by Crippen LogP contribution is 2.22. The Morgan fingerprint density at radius 3 is 2.73 bits per heavy atom. The lowest BCUT2D eigenvalue weighted by atomic mass is 10.2. The van der Waals surface area contributed by atoms with E-state index < -0.39 is 0 Å². The third kappa shape index (κ3) is 4.25. The lowest BCUT2D eigenvalue weighted by Gasteiger charge is -2.37. The number of benzene rings is 1. The predicted octanol–water partition coefficient (Wildman–Crippen LogP) is 1.11. The van der Waals surface area contributed by atoms with Gasteiger partial charge in [-0.25, -0.2) is 4.99 Å². The molecule has 0 amide bonds. The zero-order valence-corrected chi connectivity index (χ0v) is 15.7. The molecule has 0 bridgehead atoms. The maximum absolute atomic E-state index is 5.33. The van der Waals surface area contributed by atoms with E-state index in [4.69, 9.17) is 9.73 Å². The highest BCUT2D eigenvalue weighted by atomic mass is 16.5. The number of nitrogens with zero attached hydrogens (tertiary/aromatic N) is 6. The van der Waals surface area contributed by atoms with Crippen molar-refractivity contribution in [2.75, 3.05) is 44.7 Å². The van der Waals surface area contributed by atoms with E-state index in [2.05, 4.69) is 44.4 Å².